The van der Waals surface area contributed by atoms with Gasteiger partial charge in [-0.1, -0.05) is 6.08 Å². The predicted octanol–water partition coefficient (Wildman–Crippen LogP) is 2.60. The van der Waals surface area contributed by atoms with Gasteiger partial charge in [-0.05, 0) is 50.3 Å². The summed E-state index contributed by atoms with van der Waals surface area (Å²) in [4.78, 5) is 18.9. The van der Waals surface area contributed by atoms with Crippen molar-refractivity contribution in [2.45, 2.75) is 20.5 Å². The minimum absolute atomic E-state index is 0.0312. The Bertz CT molecular complexity index is 911. The zero-order valence-electron chi connectivity index (χ0n) is 18.4. The van der Waals surface area contributed by atoms with Crippen LogP contribution in [0.1, 0.15) is 13.8 Å². The van der Waals surface area contributed by atoms with Crippen LogP contribution in [0.3, 0.4) is 0 Å². The molecule has 2 heterocycles. The number of hydrogen-bond acceptors (Lipinski definition) is 7. The van der Waals surface area contributed by atoms with Crippen molar-refractivity contribution in [3.05, 3.63) is 41.8 Å². The highest BCUT2D eigenvalue weighted by atomic mass is 32.1. The molecule has 0 saturated carbocycles. The molecule has 2 aromatic rings. The standard InChI is InChI=1S/C22H32N6O2S/c1-4-11-23-20(29)16-25-12-14-26(15-13-25)17-28-22(31)30-21(24-28)18-7-9-19(10-8-18)27(5-2)6-3/h4,7-10H,1,5-6,11-17H2,2-3H3,(H,23,29). The fourth-order valence-electron chi connectivity index (χ4n) is 3.64. The van der Waals surface area contributed by atoms with Crippen LogP contribution in [0.5, 0.6) is 0 Å². The first kappa shape index (κ1) is 23.2. The van der Waals surface area contributed by atoms with Gasteiger partial charge in [0.1, 0.15) is 0 Å². The number of carbonyl (C=O) groups is 1. The Kier molecular flexibility index (Phi) is 8.39. The molecule has 0 unspecified atom stereocenters. The third-order valence-corrected chi connectivity index (χ3v) is 5.75. The third-order valence-electron chi connectivity index (χ3n) is 5.46. The van der Waals surface area contributed by atoms with Crippen molar-refractivity contribution in [2.24, 2.45) is 0 Å². The van der Waals surface area contributed by atoms with Crippen LogP contribution in [0.4, 0.5) is 5.69 Å². The number of hydrogen-bond donors (Lipinski definition) is 1. The van der Waals surface area contributed by atoms with Crippen LogP contribution in [0.25, 0.3) is 11.5 Å². The summed E-state index contributed by atoms with van der Waals surface area (Å²) in [6.07, 6.45) is 1.69. The Labute approximate surface area is 189 Å². The van der Waals surface area contributed by atoms with Crippen LogP contribution >= 0.6 is 12.2 Å². The van der Waals surface area contributed by atoms with Crippen LogP contribution in [0.15, 0.2) is 41.3 Å². The van der Waals surface area contributed by atoms with E-state index < -0.39 is 0 Å². The van der Waals surface area contributed by atoms with Gasteiger partial charge in [-0.15, -0.1) is 11.7 Å². The Hall–Kier alpha value is -2.49. The van der Waals surface area contributed by atoms with Crippen molar-refractivity contribution < 1.29 is 9.21 Å². The summed E-state index contributed by atoms with van der Waals surface area (Å²) in [6.45, 7) is 14.7. The molecule has 8 nitrogen and oxygen atoms in total. The van der Waals surface area contributed by atoms with E-state index in [4.69, 9.17) is 16.6 Å². The smallest absolute Gasteiger partial charge is 0.288 e. The van der Waals surface area contributed by atoms with Gasteiger partial charge in [0.25, 0.3) is 4.84 Å². The topological polar surface area (TPSA) is 69.8 Å². The maximum atomic E-state index is 11.9. The van der Waals surface area contributed by atoms with Crippen molar-refractivity contribution >= 4 is 23.8 Å². The lowest BCUT2D eigenvalue weighted by Gasteiger charge is -2.33. The lowest BCUT2D eigenvalue weighted by Crippen LogP contribution is -2.49. The first-order valence-electron chi connectivity index (χ1n) is 10.8. The number of benzene rings is 1. The normalized spacial score (nSPS) is 15.0. The molecular weight excluding hydrogens is 412 g/mol. The van der Waals surface area contributed by atoms with Crippen molar-refractivity contribution in [3.8, 4) is 11.5 Å². The van der Waals surface area contributed by atoms with E-state index in [1.54, 1.807) is 10.8 Å². The highest BCUT2D eigenvalue weighted by molar-refractivity contribution is 7.71. The number of nitrogens with one attached hydrogen (secondary N) is 1. The van der Waals surface area contributed by atoms with Crippen LogP contribution < -0.4 is 10.2 Å². The maximum absolute atomic E-state index is 11.9. The van der Waals surface area contributed by atoms with E-state index in [0.29, 0.717) is 30.5 Å². The lowest BCUT2D eigenvalue weighted by atomic mass is 10.2. The fourth-order valence-corrected chi connectivity index (χ4v) is 3.82. The average molecular weight is 445 g/mol. The summed E-state index contributed by atoms with van der Waals surface area (Å²) in [5, 5.41) is 7.41. The molecule has 1 N–H and O–H groups in total. The second kappa shape index (κ2) is 11.2. The highest BCUT2D eigenvalue weighted by Crippen LogP contribution is 2.22. The quantitative estimate of drug-likeness (QED) is 0.446. The van der Waals surface area contributed by atoms with Gasteiger partial charge in [0.05, 0.1) is 13.2 Å². The zero-order chi connectivity index (χ0) is 22.2. The van der Waals surface area contributed by atoms with E-state index >= 15 is 0 Å². The molecule has 0 bridgehead atoms. The van der Waals surface area contributed by atoms with Gasteiger partial charge < -0.3 is 14.6 Å². The molecule has 0 spiro atoms. The highest BCUT2D eigenvalue weighted by Gasteiger charge is 2.20. The second-order valence-corrected chi connectivity index (χ2v) is 7.87. The Morgan fingerprint density at radius 1 is 1.19 bits per heavy atom. The molecule has 1 aliphatic heterocycles. The first-order valence-corrected chi connectivity index (χ1v) is 11.2. The number of amides is 1. The minimum Gasteiger partial charge on any atom is -0.409 e. The summed E-state index contributed by atoms with van der Waals surface area (Å²) >= 11 is 5.39. The van der Waals surface area contributed by atoms with Crippen LogP contribution in [-0.4, -0.2) is 77.8 Å². The van der Waals surface area contributed by atoms with Crippen LogP contribution in [0.2, 0.25) is 0 Å². The second-order valence-electron chi connectivity index (χ2n) is 7.52. The van der Waals surface area contributed by atoms with Crippen molar-refractivity contribution in [3.63, 3.8) is 0 Å². The predicted molar refractivity (Wildman–Crippen MR) is 126 cm³/mol. The fraction of sp³-hybridized carbons (Fsp3) is 0.500. The molecule has 0 atom stereocenters. The van der Waals surface area contributed by atoms with E-state index in [-0.39, 0.29) is 5.91 Å². The number of piperazine rings is 1. The average Bonchev–Trinajstić information content (AvgIpc) is 3.15. The van der Waals surface area contributed by atoms with Crippen molar-refractivity contribution in [2.75, 3.05) is 57.3 Å². The number of carbonyl (C=O) groups excluding carboxylic acids is 1. The summed E-state index contributed by atoms with van der Waals surface area (Å²) < 4.78 is 7.49. The zero-order valence-corrected chi connectivity index (χ0v) is 19.2. The maximum Gasteiger partial charge on any atom is 0.288 e. The Morgan fingerprint density at radius 2 is 1.84 bits per heavy atom. The molecule has 1 amide bonds. The summed E-state index contributed by atoms with van der Waals surface area (Å²) in [6, 6.07) is 8.22. The number of rotatable bonds is 10. The molecule has 3 rings (SSSR count). The van der Waals surface area contributed by atoms with E-state index in [9.17, 15) is 4.79 Å². The molecule has 1 saturated heterocycles. The summed E-state index contributed by atoms with van der Waals surface area (Å²) in [5.41, 5.74) is 2.10. The Balaban J connectivity index is 1.55. The molecule has 31 heavy (non-hydrogen) atoms. The van der Waals surface area contributed by atoms with Gasteiger partial charge in [0, 0.05) is 57.1 Å². The number of anilines is 1. The summed E-state index contributed by atoms with van der Waals surface area (Å²) in [7, 11) is 0. The van der Waals surface area contributed by atoms with Crippen LogP contribution in [0, 0.1) is 4.84 Å². The molecule has 1 aromatic heterocycles. The molecule has 1 aliphatic rings. The van der Waals surface area contributed by atoms with Crippen molar-refractivity contribution in [1.82, 2.24) is 24.9 Å². The first-order chi connectivity index (χ1) is 15.0. The van der Waals surface area contributed by atoms with Gasteiger partial charge in [-0.3, -0.25) is 14.6 Å². The summed E-state index contributed by atoms with van der Waals surface area (Å²) in [5.74, 6) is 0.567. The largest absolute Gasteiger partial charge is 0.409 e. The molecule has 9 heteroatoms. The molecule has 1 aromatic carbocycles. The van der Waals surface area contributed by atoms with E-state index in [0.717, 1.165) is 44.8 Å². The van der Waals surface area contributed by atoms with Crippen molar-refractivity contribution in [1.29, 1.82) is 0 Å². The van der Waals surface area contributed by atoms with Gasteiger partial charge in [-0.25, -0.2) is 4.68 Å². The SMILES string of the molecule is C=CCNC(=O)CN1CCN(Cn2nc(-c3ccc(N(CC)CC)cc3)oc2=S)CC1. The number of nitrogens with zero attached hydrogens (tertiary/aromatic N) is 5. The van der Waals surface area contributed by atoms with Gasteiger partial charge >= 0.3 is 0 Å². The monoisotopic (exact) mass is 444 g/mol. The third kappa shape index (κ3) is 6.25. The number of aromatic nitrogens is 2. The lowest BCUT2D eigenvalue weighted by molar-refractivity contribution is -0.122. The Morgan fingerprint density at radius 3 is 2.45 bits per heavy atom. The molecule has 168 valence electrons. The van der Waals surface area contributed by atoms with Gasteiger partial charge in [0.15, 0.2) is 0 Å². The molecule has 0 radical (unpaired) electrons. The van der Waals surface area contributed by atoms with E-state index in [1.165, 1.54) is 5.69 Å². The minimum atomic E-state index is 0.0312. The van der Waals surface area contributed by atoms with Gasteiger partial charge in [0.2, 0.25) is 11.8 Å². The van der Waals surface area contributed by atoms with E-state index in [1.807, 2.05) is 12.1 Å². The van der Waals surface area contributed by atoms with Gasteiger partial charge in [-0.2, -0.15) is 0 Å². The van der Waals surface area contributed by atoms with E-state index in [2.05, 4.69) is 57.7 Å². The molecule has 1 fully saturated rings. The molecular formula is C22H32N6O2S. The van der Waals surface area contributed by atoms with Crippen LogP contribution in [-0.2, 0) is 11.5 Å². The molecule has 0 aliphatic carbocycles.